The summed E-state index contributed by atoms with van der Waals surface area (Å²) >= 11 is 7.50. The summed E-state index contributed by atoms with van der Waals surface area (Å²) in [5.41, 5.74) is 1.60. The second-order valence-electron chi connectivity index (χ2n) is 6.15. The second kappa shape index (κ2) is 9.54. The van der Waals surface area contributed by atoms with Crippen LogP contribution < -0.4 is 10.1 Å². The molecule has 0 spiro atoms. The van der Waals surface area contributed by atoms with Crippen LogP contribution in [0.4, 0.5) is 0 Å². The first-order valence-electron chi connectivity index (χ1n) is 8.93. The summed E-state index contributed by atoms with van der Waals surface area (Å²) in [5.74, 6) is -0.857. The van der Waals surface area contributed by atoms with Crippen molar-refractivity contribution in [2.75, 3.05) is 6.61 Å². The molecule has 0 aliphatic rings. The maximum absolute atomic E-state index is 12.7. The number of aliphatic carboxylic acids is 1. The van der Waals surface area contributed by atoms with Crippen LogP contribution in [0.1, 0.15) is 35.4 Å². The zero-order chi connectivity index (χ0) is 20.8. The van der Waals surface area contributed by atoms with Gasteiger partial charge in [0.15, 0.2) is 0 Å². The highest BCUT2D eigenvalue weighted by atomic mass is 35.5. The van der Waals surface area contributed by atoms with Gasteiger partial charge < -0.3 is 15.2 Å². The number of carbonyl (C=O) groups excluding carboxylic acids is 1. The van der Waals surface area contributed by atoms with Crippen LogP contribution in [-0.4, -0.2) is 28.6 Å². The first-order valence-corrected chi connectivity index (χ1v) is 10.2. The number of halogens is 1. The predicted octanol–water partition coefficient (Wildman–Crippen LogP) is 4.81. The van der Waals surface area contributed by atoms with Gasteiger partial charge in [0.1, 0.15) is 16.5 Å². The van der Waals surface area contributed by atoms with Crippen molar-refractivity contribution in [2.45, 2.75) is 19.4 Å². The lowest BCUT2D eigenvalue weighted by molar-refractivity contribution is -0.137. The maximum atomic E-state index is 12.7. The van der Waals surface area contributed by atoms with Gasteiger partial charge in [0, 0.05) is 10.9 Å². The van der Waals surface area contributed by atoms with E-state index in [9.17, 15) is 14.7 Å². The molecule has 6 nitrogen and oxygen atoms in total. The Bertz CT molecular complexity index is 1020. The third-order valence-electron chi connectivity index (χ3n) is 4.10. The highest BCUT2D eigenvalue weighted by Gasteiger charge is 2.21. The van der Waals surface area contributed by atoms with E-state index >= 15 is 0 Å². The summed E-state index contributed by atoms with van der Waals surface area (Å²) in [5, 5.41) is 14.8. The molecule has 3 aromatic rings. The Morgan fingerprint density at radius 2 is 2.03 bits per heavy atom. The summed E-state index contributed by atoms with van der Waals surface area (Å²) < 4.78 is 5.47. The summed E-state index contributed by atoms with van der Waals surface area (Å²) in [6.07, 6.45) is -0.261. The van der Waals surface area contributed by atoms with E-state index in [0.29, 0.717) is 28.0 Å². The lowest BCUT2D eigenvalue weighted by atomic mass is 10.0. The number of nitrogens with one attached hydrogen (secondary N) is 1. The number of rotatable bonds is 8. The number of ether oxygens (including phenoxy) is 1. The molecule has 0 fully saturated rings. The van der Waals surface area contributed by atoms with Gasteiger partial charge in [-0.15, -0.1) is 11.3 Å². The van der Waals surface area contributed by atoms with Gasteiger partial charge in [-0.2, -0.15) is 0 Å². The van der Waals surface area contributed by atoms with Gasteiger partial charge in [-0.1, -0.05) is 41.9 Å². The number of carboxylic acid groups (broad SMARTS) is 1. The van der Waals surface area contributed by atoms with E-state index in [1.807, 2.05) is 25.1 Å². The van der Waals surface area contributed by atoms with Crippen molar-refractivity contribution in [1.82, 2.24) is 10.3 Å². The molecule has 1 atom stereocenters. The molecule has 1 heterocycles. The molecule has 8 heteroatoms. The van der Waals surface area contributed by atoms with Gasteiger partial charge in [-0.3, -0.25) is 9.59 Å². The first-order chi connectivity index (χ1) is 14.0. The van der Waals surface area contributed by atoms with Gasteiger partial charge >= 0.3 is 5.97 Å². The van der Waals surface area contributed by atoms with Crippen molar-refractivity contribution in [2.24, 2.45) is 0 Å². The summed E-state index contributed by atoms with van der Waals surface area (Å²) in [6.45, 7) is 2.35. The Morgan fingerprint density at radius 1 is 1.24 bits per heavy atom. The van der Waals surface area contributed by atoms with Crippen LogP contribution in [-0.2, 0) is 4.79 Å². The molecule has 0 bridgehead atoms. The number of hydrogen-bond acceptors (Lipinski definition) is 5. The average molecular weight is 431 g/mol. The second-order valence-corrected chi connectivity index (χ2v) is 7.41. The molecule has 0 saturated heterocycles. The quantitative estimate of drug-likeness (QED) is 0.535. The van der Waals surface area contributed by atoms with Gasteiger partial charge in [0.05, 0.1) is 24.1 Å². The maximum Gasteiger partial charge on any atom is 0.305 e. The normalized spacial score (nSPS) is 11.7. The van der Waals surface area contributed by atoms with Crippen LogP contribution in [0.3, 0.4) is 0 Å². The van der Waals surface area contributed by atoms with E-state index in [0.717, 1.165) is 5.56 Å². The van der Waals surface area contributed by atoms with E-state index in [4.69, 9.17) is 16.3 Å². The number of nitrogens with zero attached hydrogens (tertiary/aromatic N) is 1. The van der Waals surface area contributed by atoms with Gasteiger partial charge in [0.25, 0.3) is 5.91 Å². The van der Waals surface area contributed by atoms with E-state index in [1.54, 1.807) is 35.7 Å². The smallest absolute Gasteiger partial charge is 0.305 e. The van der Waals surface area contributed by atoms with Crippen molar-refractivity contribution in [3.8, 4) is 16.3 Å². The molecule has 3 rings (SSSR count). The van der Waals surface area contributed by atoms with Crippen molar-refractivity contribution in [3.05, 3.63) is 70.2 Å². The van der Waals surface area contributed by atoms with Gasteiger partial charge in [-0.25, -0.2) is 4.98 Å². The molecule has 0 aliphatic heterocycles. The van der Waals surface area contributed by atoms with Crippen LogP contribution in [0.2, 0.25) is 5.02 Å². The molecule has 2 aromatic carbocycles. The standard InChI is InChI=1S/C21H19ClN2O4S/c1-2-28-14-7-5-6-13(10-14)17(11-19(25)26)23-20(27)18-12-29-21(24-18)15-8-3-4-9-16(15)22/h3-10,12,17H,2,11H2,1H3,(H,23,27)(H,25,26)/t17-/m0/s1. The molecular formula is C21H19ClN2O4S. The van der Waals surface area contributed by atoms with E-state index in [1.165, 1.54) is 11.3 Å². The largest absolute Gasteiger partial charge is 0.494 e. The molecular weight excluding hydrogens is 412 g/mol. The summed E-state index contributed by atoms with van der Waals surface area (Å²) in [4.78, 5) is 28.4. The number of hydrogen-bond donors (Lipinski definition) is 2. The minimum absolute atomic E-state index is 0.210. The van der Waals surface area contributed by atoms with Crippen LogP contribution in [0.15, 0.2) is 53.9 Å². The molecule has 1 amide bonds. The van der Waals surface area contributed by atoms with Crippen LogP contribution in [0.25, 0.3) is 10.6 Å². The molecule has 29 heavy (non-hydrogen) atoms. The SMILES string of the molecule is CCOc1cccc([C@H](CC(=O)O)NC(=O)c2csc(-c3ccccc3Cl)n2)c1. The van der Waals surface area contributed by atoms with Gasteiger partial charge in [0.2, 0.25) is 0 Å². The molecule has 0 saturated carbocycles. The Balaban J connectivity index is 1.81. The summed E-state index contributed by atoms with van der Waals surface area (Å²) in [6, 6.07) is 13.6. The van der Waals surface area contributed by atoms with Crippen molar-refractivity contribution < 1.29 is 19.4 Å². The number of benzene rings is 2. The molecule has 2 N–H and O–H groups in total. The fourth-order valence-electron chi connectivity index (χ4n) is 2.78. The van der Waals surface area contributed by atoms with Crippen molar-refractivity contribution in [1.29, 1.82) is 0 Å². The average Bonchev–Trinajstić information content (AvgIpc) is 3.18. The molecule has 0 radical (unpaired) electrons. The Labute approximate surface area is 177 Å². The number of thiazole rings is 1. The Morgan fingerprint density at radius 3 is 2.76 bits per heavy atom. The number of aromatic nitrogens is 1. The van der Waals surface area contributed by atoms with E-state index in [2.05, 4.69) is 10.3 Å². The first kappa shape index (κ1) is 20.8. The summed E-state index contributed by atoms with van der Waals surface area (Å²) in [7, 11) is 0. The molecule has 1 aromatic heterocycles. The molecule has 0 unspecified atom stereocenters. The predicted molar refractivity (Wildman–Crippen MR) is 113 cm³/mol. The number of carbonyl (C=O) groups is 2. The number of carboxylic acids is 1. The molecule has 0 aliphatic carbocycles. The number of amides is 1. The fourth-order valence-corrected chi connectivity index (χ4v) is 3.90. The topological polar surface area (TPSA) is 88.5 Å². The van der Waals surface area contributed by atoms with Crippen LogP contribution in [0, 0.1) is 0 Å². The Hall–Kier alpha value is -2.90. The van der Waals surface area contributed by atoms with Crippen molar-refractivity contribution in [3.63, 3.8) is 0 Å². The zero-order valence-corrected chi connectivity index (χ0v) is 17.2. The fraction of sp³-hybridized carbons (Fsp3) is 0.190. The van der Waals surface area contributed by atoms with E-state index in [-0.39, 0.29) is 12.1 Å². The van der Waals surface area contributed by atoms with Gasteiger partial charge in [-0.05, 0) is 30.7 Å². The van der Waals surface area contributed by atoms with E-state index < -0.39 is 17.9 Å². The Kier molecular flexibility index (Phi) is 6.85. The monoisotopic (exact) mass is 430 g/mol. The minimum Gasteiger partial charge on any atom is -0.494 e. The van der Waals surface area contributed by atoms with Crippen LogP contribution >= 0.6 is 22.9 Å². The third-order valence-corrected chi connectivity index (χ3v) is 5.30. The zero-order valence-electron chi connectivity index (χ0n) is 15.6. The van der Waals surface area contributed by atoms with Crippen molar-refractivity contribution >= 4 is 34.8 Å². The lowest BCUT2D eigenvalue weighted by Crippen LogP contribution is -2.30. The minimum atomic E-state index is -1.02. The third kappa shape index (κ3) is 5.34. The van der Waals surface area contributed by atoms with Crippen LogP contribution in [0.5, 0.6) is 5.75 Å². The molecule has 150 valence electrons. The lowest BCUT2D eigenvalue weighted by Gasteiger charge is -2.17. The highest BCUT2D eigenvalue weighted by Crippen LogP contribution is 2.30. The highest BCUT2D eigenvalue weighted by molar-refractivity contribution is 7.13.